The minimum atomic E-state index is -0.537. The van der Waals surface area contributed by atoms with E-state index < -0.39 is 5.41 Å². The molecule has 36 heavy (non-hydrogen) atoms. The number of amides is 1. The largest absolute Gasteiger partial charge is 0.497 e. The number of hydrogen-bond donors (Lipinski definition) is 3. The number of ether oxygens (including phenoxy) is 2. The second-order valence-electron chi connectivity index (χ2n) is 9.98. The lowest BCUT2D eigenvalue weighted by molar-refractivity contribution is -0.118. The van der Waals surface area contributed by atoms with Crippen LogP contribution in [0.25, 0.3) is 10.9 Å². The van der Waals surface area contributed by atoms with Crippen LogP contribution >= 0.6 is 0 Å². The molecule has 9 nitrogen and oxygen atoms in total. The van der Waals surface area contributed by atoms with Gasteiger partial charge in [0.15, 0.2) is 17.4 Å². The smallest absolute Gasteiger partial charge is 0.235 e. The molecule has 2 aromatic carbocycles. The van der Waals surface area contributed by atoms with Crippen LogP contribution in [0, 0.1) is 12.8 Å². The second-order valence-corrected chi connectivity index (χ2v) is 9.98. The van der Waals surface area contributed by atoms with E-state index in [1.54, 1.807) is 13.3 Å². The van der Waals surface area contributed by atoms with Crippen LogP contribution < -0.4 is 20.1 Å². The number of aromatic nitrogens is 4. The zero-order valence-electron chi connectivity index (χ0n) is 20.1. The average molecular weight is 483 g/mol. The number of aryl methyl sites for hydroxylation is 1. The molecule has 2 atom stereocenters. The number of H-pyrrole nitrogens is 1. The van der Waals surface area contributed by atoms with Crippen LogP contribution in [0.2, 0.25) is 0 Å². The number of carbonyl (C=O) groups is 1. The Balaban J connectivity index is 1.17. The maximum absolute atomic E-state index is 13.0. The molecule has 0 unspecified atom stereocenters. The molecule has 0 radical (unpaired) electrons. The lowest BCUT2D eigenvalue weighted by Gasteiger charge is -2.11. The summed E-state index contributed by atoms with van der Waals surface area (Å²) in [5, 5.41) is 15.0. The van der Waals surface area contributed by atoms with Gasteiger partial charge in [-0.3, -0.25) is 9.89 Å². The number of aromatic amines is 1. The van der Waals surface area contributed by atoms with Crippen molar-refractivity contribution >= 4 is 34.1 Å². The molecule has 3 aliphatic rings. The van der Waals surface area contributed by atoms with Gasteiger partial charge in [0, 0.05) is 17.0 Å². The van der Waals surface area contributed by atoms with Crippen molar-refractivity contribution < 1.29 is 14.3 Å². The van der Waals surface area contributed by atoms with E-state index in [-0.39, 0.29) is 11.8 Å². The lowest BCUT2D eigenvalue weighted by atomic mass is 9.91. The van der Waals surface area contributed by atoms with Crippen molar-refractivity contribution in [1.82, 2.24) is 20.2 Å². The fraction of sp³-hybridized carbons (Fsp3) is 0.333. The molecule has 3 N–H and O–H groups in total. The first-order valence-corrected chi connectivity index (χ1v) is 12.3. The second kappa shape index (κ2) is 7.68. The van der Waals surface area contributed by atoms with Gasteiger partial charge in [0.05, 0.1) is 30.8 Å². The molecule has 4 aromatic rings. The number of carbonyl (C=O) groups excluding carboxylic acids is 1. The van der Waals surface area contributed by atoms with Crippen molar-refractivity contribution in [2.75, 3.05) is 24.4 Å². The molecular formula is C27H26N6O3. The summed E-state index contributed by atoms with van der Waals surface area (Å²) in [5.74, 6) is 4.10. The fourth-order valence-electron chi connectivity index (χ4n) is 5.31. The monoisotopic (exact) mass is 482 g/mol. The highest BCUT2D eigenvalue weighted by Gasteiger charge is 2.65. The maximum Gasteiger partial charge on any atom is 0.235 e. The van der Waals surface area contributed by atoms with Crippen LogP contribution in [-0.4, -0.2) is 39.8 Å². The summed E-state index contributed by atoms with van der Waals surface area (Å²) >= 11 is 0. The third kappa shape index (κ3) is 3.30. The molecule has 9 heteroatoms. The van der Waals surface area contributed by atoms with Crippen LogP contribution in [-0.2, 0) is 10.2 Å². The summed E-state index contributed by atoms with van der Waals surface area (Å²) in [6.45, 7) is 2.53. The van der Waals surface area contributed by atoms with Crippen molar-refractivity contribution in [3.8, 4) is 11.5 Å². The lowest BCUT2D eigenvalue weighted by Crippen LogP contribution is -2.21. The Morgan fingerprint density at radius 3 is 2.89 bits per heavy atom. The van der Waals surface area contributed by atoms with Gasteiger partial charge < -0.3 is 20.1 Å². The molecule has 1 amide bonds. The van der Waals surface area contributed by atoms with Gasteiger partial charge >= 0.3 is 0 Å². The topological polar surface area (TPSA) is 114 Å². The predicted molar refractivity (Wildman–Crippen MR) is 135 cm³/mol. The number of nitrogens with one attached hydrogen (secondary N) is 3. The van der Waals surface area contributed by atoms with Gasteiger partial charge in [0.2, 0.25) is 5.91 Å². The maximum atomic E-state index is 13.0. The number of fused-ring (bicyclic) bond motifs is 3. The van der Waals surface area contributed by atoms with E-state index in [2.05, 4.69) is 42.9 Å². The molecular weight excluding hydrogens is 456 g/mol. The minimum Gasteiger partial charge on any atom is -0.497 e. The Morgan fingerprint density at radius 1 is 1.17 bits per heavy atom. The molecule has 7 rings (SSSR count). The molecule has 2 aliphatic carbocycles. The molecule has 3 heterocycles. The van der Waals surface area contributed by atoms with Crippen molar-refractivity contribution in [2.24, 2.45) is 5.92 Å². The summed E-state index contributed by atoms with van der Waals surface area (Å²) in [4.78, 5) is 21.9. The van der Waals surface area contributed by atoms with Gasteiger partial charge in [-0.05, 0) is 73.6 Å². The zero-order chi connectivity index (χ0) is 24.4. The molecule has 1 spiro atoms. The zero-order valence-corrected chi connectivity index (χ0v) is 20.1. The van der Waals surface area contributed by atoms with Gasteiger partial charge in [-0.2, -0.15) is 5.10 Å². The highest BCUT2D eigenvalue weighted by molar-refractivity contribution is 6.10. The minimum absolute atomic E-state index is 0.0562. The van der Waals surface area contributed by atoms with Crippen molar-refractivity contribution in [2.45, 2.75) is 37.5 Å². The number of hydrogen-bond acceptors (Lipinski definition) is 7. The highest BCUT2D eigenvalue weighted by Crippen LogP contribution is 2.65. The van der Waals surface area contributed by atoms with E-state index in [0.717, 1.165) is 39.9 Å². The first kappa shape index (κ1) is 21.2. The quantitative estimate of drug-likeness (QED) is 0.353. The summed E-state index contributed by atoms with van der Waals surface area (Å²) in [5.41, 5.74) is 3.35. The molecule has 182 valence electrons. The number of nitrogens with zero attached hydrogens (tertiary/aromatic N) is 3. The van der Waals surface area contributed by atoms with E-state index in [0.29, 0.717) is 35.7 Å². The number of rotatable bonds is 7. The molecule has 1 aliphatic heterocycles. The van der Waals surface area contributed by atoms with Crippen LogP contribution in [0.15, 0.2) is 42.6 Å². The van der Waals surface area contributed by atoms with Gasteiger partial charge in [-0.15, -0.1) is 0 Å². The van der Waals surface area contributed by atoms with E-state index in [1.807, 2.05) is 31.2 Å². The Bertz CT molecular complexity index is 1530. The van der Waals surface area contributed by atoms with Gasteiger partial charge in [0.25, 0.3) is 0 Å². The van der Waals surface area contributed by atoms with Crippen LogP contribution in [0.1, 0.15) is 42.1 Å². The molecule has 0 saturated heterocycles. The van der Waals surface area contributed by atoms with E-state index >= 15 is 0 Å². The Labute approximate surface area is 207 Å². The standard InChI is InChI=1S/C27H26N6O3/c1-14-28-12-23(36-13-15-3-4-15)25(29-14)31-24-18-7-5-16(9-22(18)32-33-24)20-11-27(20)19-10-17(35-2)6-8-21(19)30-26(27)34/h5-10,12,15,20H,3-4,11,13H2,1-2H3,(H,30,34)(H2,28,29,31,32,33)/t20-,27-/m0/s1. The SMILES string of the molecule is COc1ccc2c(c1)[C@]1(C[C@H]1c1ccc3c(Nc4nc(C)ncc4OCC4CC4)n[nH]c3c1)C(=O)N2. The number of benzene rings is 2. The Hall–Kier alpha value is -4.14. The van der Waals surface area contributed by atoms with Crippen LogP contribution in [0.4, 0.5) is 17.3 Å². The van der Waals surface area contributed by atoms with Gasteiger partial charge in [0.1, 0.15) is 11.6 Å². The van der Waals surface area contributed by atoms with Crippen molar-refractivity contribution in [1.29, 1.82) is 0 Å². The molecule has 2 aromatic heterocycles. The first-order chi connectivity index (χ1) is 17.5. The fourth-order valence-corrected chi connectivity index (χ4v) is 5.31. The Morgan fingerprint density at radius 2 is 2.06 bits per heavy atom. The predicted octanol–water partition coefficient (Wildman–Crippen LogP) is 4.58. The summed E-state index contributed by atoms with van der Waals surface area (Å²) < 4.78 is 11.4. The number of methoxy groups -OCH3 is 1. The normalized spacial score (nSPS) is 21.9. The summed E-state index contributed by atoms with van der Waals surface area (Å²) in [6, 6.07) is 12.0. The molecule has 0 bridgehead atoms. The summed E-state index contributed by atoms with van der Waals surface area (Å²) in [6.07, 6.45) is 4.91. The van der Waals surface area contributed by atoms with Crippen LogP contribution in [0.5, 0.6) is 11.5 Å². The highest BCUT2D eigenvalue weighted by atomic mass is 16.5. The third-order valence-corrected chi connectivity index (χ3v) is 7.59. The Kier molecular flexibility index (Phi) is 4.52. The number of anilines is 3. The average Bonchev–Trinajstić information content (AvgIpc) is 3.79. The van der Waals surface area contributed by atoms with Gasteiger partial charge in [-0.1, -0.05) is 6.07 Å². The molecule has 2 fully saturated rings. The first-order valence-electron chi connectivity index (χ1n) is 12.3. The van der Waals surface area contributed by atoms with Crippen molar-refractivity contribution in [3.63, 3.8) is 0 Å². The summed E-state index contributed by atoms with van der Waals surface area (Å²) in [7, 11) is 1.64. The third-order valence-electron chi connectivity index (χ3n) is 7.59. The van der Waals surface area contributed by atoms with Crippen molar-refractivity contribution in [3.05, 3.63) is 59.5 Å². The van der Waals surface area contributed by atoms with Gasteiger partial charge in [-0.25, -0.2) is 9.97 Å². The van der Waals surface area contributed by atoms with E-state index in [1.165, 1.54) is 12.8 Å². The van der Waals surface area contributed by atoms with E-state index in [4.69, 9.17) is 9.47 Å². The van der Waals surface area contributed by atoms with Crippen LogP contribution in [0.3, 0.4) is 0 Å². The van der Waals surface area contributed by atoms with E-state index in [9.17, 15) is 4.79 Å². The molecule has 2 saturated carbocycles.